The van der Waals surface area contributed by atoms with E-state index in [4.69, 9.17) is 31.3 Å². The van der Waals surface area contributed by atoms with Crippen molar-refractivity contribution in [2.24, 2.45) is 0 Å². The van der Waals surface area contributed by atoms with E-state index in [0.29, 0.717) is 29.7 Å². The maximum absolute atomic E-state index is 6.38. The second-order valence-electron chi connectivity index (χ2n) is 4.56. The molecule has 0 amide bonds. The van der Waals surface area contributed by atoms with E-state index in [1.165, 1.54) is 0 Å². The van der Waals surface area contributed by atoms with Crippen LogP contribution >= 0.6 is 11.6 Å². The van der Waals surface area contributed by atoms with Crippen molar-refractivity contribution in [2.45, 2.75) is 19.8 Å². The van der Waals surface area contributed by atoms with Crippen LogP contribution in [-0.2, 0) is 6.42 Å². The highest BCUT2D eigenvalue weighted by Crippen LogP contribution is 2.44. The summed E-state index contributed by atoms with van der Waals surface area (Å²) >= 11 is 6.38. The van der Waals surface area contributed by atoms with Gasteiger partial charge in [-0.1, -0.05) is 23.7 Å². The van der Waals surface area contributed by atoms with Crippen molar-refractivity contribution < 1.29 is 14.0 Å². The molecule has 2 heterocycles. The normalized spacial score (nSPS) is 14.1. The van der Waals surface area contributed by atoms with E-state index in [1.807, 2.05) is 6.92 Å². The van der Waals surface area contributed by atoms with Crippen LogP contribution in [0, 0.1) is 0 Å². The maximum atomic E-state index is 6.38. The third-order valence-electron chi connectivity index (χ3n) is 3.23. The summed E-state index contributed by atoms with van der Waals surface area (Å²) in [4.78, 5) is 0. The lowest BCUT2D eigenvalue weighted by atomic mass is 10.0. The number of halogens is 1. The predicted octanol–water partition coefficient (Wildman–Crippen LogP) is 3.30. The molecule has 0 atom stereocenters. The molecule has 5 nitrogen and oxygen atoms in total. The molecule has 6 heteroatoms. The van der Waals surface area contributed by atoms with Crippen molar-refractivity contribution in [1.82, 2.24) is 5.16 Å². The zero-order chi connectivity index (χ0) is 14.1. The molecule has 20 heavy (non-hydrogen) atoms. The summed E-state index contributed by atoms with van der Waals surface area (Å²) in [6, 6.07) is 3.42. The molecule has 0 unspecified atom stereocenters. The average Bonchev–Trinajstić information content (AvgIpc) is 2.71. The van der Waals surface area contributed by atoms with E-state index >= 15 is 0 Å². The Bertz CT molecular complexity index is 640. The molecule has 0 aliphatic carbocycles. The Hall–Kier alpha value is -1.88. The number of rotatable bonds is 2. The molecular formula is C14H15ClN2O3. The molecule has 1 aliphatic rings. The molecular weight excluding hydrogens is 280 g/mol. The van der Waals surface area contributed by atoms with E-state index in [-0.39, 0.29) is 5.88 Å². The highest BCUT2D eigenvalue weighted by molar-refractivity contribution is 6.33. The van der Waals surface area contributed by atoms with Crippen molar-refractivity contribution in [3.8, 4) is 22.8 Å². The molecule has 0 saturated heterocycles. The van der Waals surface area contributed by atoms with Crippen LogP contribution in [0.1, 0.15) is 18.9 Å². The smallest absolute Gasteiger partial charge is 0.222 e. The second-order valence-corrected chi connectivity index (χ2v) is 4.96. The Morgan fingerprint density at radius 1 is 1.30 bits per heavy atom. The van der Waals surface area contributed by atoms with Crippen molar-refractivity contribution >= 4 is 17.5 Å². The van der Waals surface area contributed by atoms with Crippen LogP contribution < -0.4 is 15.2 Å². The Morgan fingerprint density at radius 3 is 2.80 bits per heavy atom. The standard InChI is InChI=1S/C14H15ClN2O3/c1-2-8-13(10-7-12(16)20-17-10)9(15)6-11-14(8)19-5-3-4-18-11/h6-7H,2-5,16H2,1H3. The fraction of sp³-hybridized carbons (Fsp3) is 0.357. The largest absolute Gasteiger partial charge is 0.489 e. The first-order chi connectivity index (χ1) is 9.70. The lowest BCUT2D eigenvalue weighted by Gasteiger charge is -2.16. The number of aromatic nitrogens is 1. The third-order valence-corrected chi connectivity index (χ3v) is 3.53. The summed E-state index contributed by atoms with van der Waals surface area (Å²) in [6.07, 6.45) is 1.59. The summed E-state index contributed by atoms with van der Waals surface area (Å²) in [5.74, 6) is 1.68. The lowest BCUT2D eigenvalue weighted by Crippen LogP contribution is -2.00. The minimum absolute atomic E-state index is 0.255. The monoisotopic (exact) mass is 294 g/mol. The summed E-state index contributed by atoms with van der Waals surface area (Å²) in [5, 5.41) is 4.50. The van der Waals surface area contributed by atoms with Gasteiger partial charge >= 0.3 is 0 Å². The van der Waals surface area contributed by atoms with E-state index in [2.05, 4.69) is 5.16 Å². The van der Waals surface area contributed by atoms with Gasteiger partial charge in [0, 0.05) is 29.7 Å². The third kappa shape index (κ3) is 2.18. The first-order valence-corrected chi connectivity index (χ1v) is 6.92. The van der Waals surface area contributed by atoms with Gasteiger partial charge in [-0.3, -0.25) is 0 Å². The van der Waals surface area contributed by atoms with Gasteiger partial charge in [-0.05, 0) is 6.42 Å². The number of nitrogen functional groups attached to an aromatic ring is 1. The Morgan fingerprint density at radius 2 is 2.10 bits per heavy atom. The second kappa shape index (κ2) is 5.25. The highest BCUT2D eigenvalue weighted by atomic mass is 35.5. The number of nitrogens with zero attached hydrogens (tertiary/aromatic N) is 1. The topological polar surface area (TPSA) is 70.5 Å². The Labute approximate surface area is 121 Å². The zero-order valence-corrected chi connectivity index (χ0v) is 11.9. The molecule has 2 aromatic rings. The molecule has 0 saturated carbocycles. The van der Waals surface area contributed by atoms with Crippen LogP contribution in [0.25, 0.3) is 11.3 Å². The predicted molar refractivity (Wildman–Crippen MR) is 76.3 cm³/mol. The Kier molecular flexibility index (Phi) is 3.44. The van der Waals surface area contributed by atoms with E-state index in [9.17, 15) is 0 Å². The molecule has 0 spiro atoms. The summed E-state index contributed by atoms with van der Waals surface area (Å²) < 4.78 is 16.5. The van der Waals surface area contributed by atoms with Gasteiger partial charge in [0.05, 0.1) is 18.2 Å². The minimum atomic E-state index is 0.255. The molecule has 1 aromatic heterocycles. The average molecular weight is 295 g/mol. The first-order valence-electron chi connectivity index (χ1n) is 6.54. The molecule has 0 bridgehead atoms. The van der Waals surface area contributed by atoms with Crippen molar-refractivity contribution in [3.63, 3.8) is 0 Å². The molecule has 1 aromatic carbocycles. The molecule has 2 N–H and O–H groups in total. The summed E-state index contributed by atoms with van der Waals surface area (Å²) in [7, 11) is 0. The van der Waals surface area contributed by atoms with Crippen LogP contribution in [0.2, 0.25) is 5.02 Å². The summed E-state index contributed by atoms with van der Waals surface area (Å²) in [5.41, 5.74) is 7.95. The molecule has 0 radical (unpaired) electrons. The van der Waals surface area contributed by atoms with Crippen molar-refractivity contribution in [1.29, 1.82) is 0 Å². The van der Waals surface area contributed by atoms with Gasteiger partial charge in [0.1, 0.15) is 5.69 Å². The first kappa shape index (κ1) is 13.1. The minimum Gasteiger partial charge on any atom is -0.489 e. The quantitative estimate of drug-likeness (QED) is 0.920. The number of nitrogens with two attached hydrogens (primary N) is 1. The van der Waals surface area contributed by atoms with Crippen LogP contribution in [0.4, 0.5) is 5.88 Å². The number of fused-ring (bicyclic) bond motifs is 1. The van der Waals surface area contributed by atoms with Crippen LogP contribution in [0.3, 0.4) is 0 Å². The number of benzene rings is 1. The maximum Gasteiger partial charge on any atom is 0.222 e. The molecule has 1 aliphatic heterocycles. The van der Waals surface area contributed by atoms with Gasteiger partial charge in [0.15, 0.2) is 11.5 Å². The van der Waals surface area contributed by atoms with Crippen LogP contribution in [-0.4, -0.2) is 18.4 Å². The number of hydrogen-bond acceptors (Lipinski definition) is 5. The number of hydrogen-bond donors (Lipinski definition) is 1. The van der Waals surface area contributed by atoms with Gasteiger partial charge in [0.25, 0.3) is 0 Å². The fourth-order valence-corrected chi connectivity index (χ4v) is 2.67. The van der Waals surface area contributed by atoms with Crippen LogP contribution in [0.5, 0.6) is 11.5 Å². The van der Waals surface area contributed by atoms with Gasteiger partial charge in [-0.25, -0.2) is 0 Å². The summed E-state index contributed by atoms with van der Waals surface area (Å²) in [6.45, 7) is 3.29. The fourth-order valence-electron chi connectivity index (χ4n) is 2.36. The van der Waals surface area contributed by atoms with E-state index < -0.39 is 0 Å². The van der Waals surface area contributed by atoms with Gasteiger partial charge in [-0.15, -0.1) is 0 Å². The lowest BCUT2D eigenvalue weighted by molar-refractivity contribution is 0.296. The number of ether oxygens (including phenoxy) is 2. The van der Waals surface area contributed by atoms with E-state index in [1.54, 1.807) is 12.1 Å². The highest BCUT2D eigenvalue weighted by Gasteiger charge is 2.23. The number of anilines is 1. The van der Waals surface area contributed by atoms with Crippen molar-refractivity contribution in [3.05, 3.63) is 22.7 Å². The van der Waals surface area contributed by atoms with Gasteiger partial charge in [0.2, 0.25) is 5.88 Å². The Balaban J connectivity index is 2.21. The van der Waals surface area contributed by atoms with E-state index in [0.717, 1.165) is 29.7 Å². The van der Waals surface area contributed by atoms with Crippen LogP contribution in [0.15, 0.2) is 16.7 Å². The molecule has 106 valence electrons. The molecule has 0 fully saturated rings. The SMILES string of the molecule is CCc1c2c(cc(Cl)c1-c1cc(N)on1)OCCCO2. The van der Waals surface area contributed by atoms with Crippen molar-refractivity contribution in [2.75, 3.05) is 18.9 Å². The van der Waals surface area contributed by atoms with Gasteiger partial charge < -0.3 is 19.7 Å². The van der Waals surface area contributed by atoms with Gasteiger partial charge in [-0.2, -0.15) is 0 Å². The molecule has 3 rings (SSSR count). The zero-order valence-electron chi connectivity index (χ0n) is 11.1.